The third-order valence-corrected chi connectivity index (χ3v) is 17.5. The van der Waals surface area contributed by atoms with Crippen molar-refractivity contribution in [3.05, 3.63) is 267 Å². The topological polar surface area (TPSA) is 71.3 Å². The van der Waals surface area contributed by atoms with Crippen LogP contribution in [-0.4, -0.2) is 38.2 Å². The van der Waals surface area contributed by atoms with Gasteiger partial charge >= 0.3 is 0 Å². The highest BCUT2D eigenvalue weighted by Gasteiger charge is 2.23. The first-order chi connectivity index (χ1) is 41.6. The number of aromatic nitrogens is 8. The van der Waals surface area contributed by atoms with E-state index in [1.165, 1.54) is 49.3 Å². The van der Waals surface area contributed by atoms with Gasteiger partial charge in [0, 0.05) is 89.3 Å². The maximum Gasteiger partial charge on any atom is 0.237 e. The molecule has 7 heterocycles. The average molecular weight is 1070 g/mol. The van der Waals surface area contributed by atoms with Gasteiger partial charge in [-0.15, -0.1) is 0 Å². The third kappa shape index (κ3) is 7.01. The fourth-order valence-corrected chi connectivity index (χ4v) is 13.6. The van der Waals surface area contributed by atoms with Crippen LogP contribution in [0.25, 0.3) is 166 Å². The highest BCUT2D eigenvalue weighted by atomic mass is 15.2. The quantitative estimate of drug-likeness (QED) is 0.149. The first-order valence-corrected chi connectivity index (χ1v) is 28.8. The molecule has 18 rings (SSSR count). The molecule has 84 heavy (non-hydrogen) atoms. The van der Waals surface area contributed by atoms with Crippen LogP contribution >= 0.6 is 0 Å². The van der Waals surface area contributed by atoms with E-state index < -0.39 is 0 Å². The molecular weight excluding hydrogens is 1020 g/mol. The molecule has 392 valence electrons. The Bertz CT molecular complexity index is 5690. The van der Waals surface area contributed by atoms with E-state index in [1.807, 2.05) is 18.5 Å². The fourth-order valence-electron chi connectivity index (χ4n) is 13.6. The zero-order valence-corrected chi connectivity index (χ0v) is 45.4. The molecule has 0 N–H and O–H groups in total. The molecule has 7 aromatic heterocycles. The lowest BCUT2D eigenvalue weighted by molar-refractivity contribution is 0.952. The van der Waals surface area contributed by atoms with Crippen LogP contribution in [0.2, 0.25) is 0 Å². The van der Waals surface area contributed by atoms with Crippen LogP contribution in [0.1, 0.15) is 12.8 Å². The molecule has 0 amide bonds. The zero-order chi connectivity index (χ0) is 55.0. The van der Waals surface area contributed by atoms with Gasteiger partial charge in [0.05, 0.1) is 60.9 Å². The Kier molecular flexibility index (Phi) is 10.0. The summed E-state index contributed by atoms with van der Waals surface area (Å²) in [5.41, 5.74) is 19.3. The third-order valence-electron chi connectivity index (χ3n) is 17.5. The molecule has 10 aromatic carbocycles. The van der Waals surface area contributed by atoms with Crippen molar-refractivity contribution in [1.29, 1.82) is 0 Å². The molecule has 0 saturated heterocycles. The van der Waals surface area contributed by atoms with Gasteiger partial charge in [0.2, 0.25) is 5.95 Å². The summed E-state index contributed by atoms with van der Waals surface area (Å²) in [5.74, 6) is 1.31. The van der Waals surface area contributed by atoms with E-state index in [1.54, 1.807) is 0 Å². The van der Waals surface area contributed by atoms with E-state index in [2.05, 4.69) is 267 Å². The van der Waals surface area contributed by atoms with Crippen LogP contribution in [0.3, 0.4) is 0 Å². The molecule has 0 saturated carbocycles. The van der Waals surface area contributed by atoms with E-state index in [9.17, 15) is 0 Å². The minimum Gasteiger partial charge on any atom is -0.310 e. The largest absolute Gasteiger partial charge is 0.310 e. The van der Waals surface area contributed by atoms with Crippen molar-refractivity contribution in [3.8, 4) is 51.0 Å². The molecule has 0 spiro atoms. The van der Waals surface area contributed by atoms with Gasteiger partial charge in [-0.25, -0.2) is 4.98 Å². The predicted octanol–water partition coefficient (Wildman–Crippen LogP) is 19.2. The molecule has 0 radical (unpaired) electrons. The SMILES string of the molecule is C1=CC(n2c3ccccc3c3cc(-c4ccc5c(c4)c4ccccc4n5-c4nc(-c5cnc6c(ccc7cccnc76)c5)cc(-n5c6ccccc6c6cc(-c7ccc8c(c7)c7ccccc7n8-c7ccccc7)ccc65)n4)ccc32)=CCC1. The summed E-state index contributed by atoms with van der Waals surface area (Å²) in [6, 6.07) is 85.7. The molecule has 1 aliphatic rings. The number of benzene rings is 10. The minimum atomic E-state index is 0.563. The van der Waals surface area contributed by atoms with Gasteiger partial charge in [-0.3, -0.25) is 19.1 Å². The standard InChI is InChI=1S/C76H48N8/c1-3-17-54(18-4-1)81-65-25-11-7-21-56(65)60-41-48(31-35-69(60)81)50-33-37-71-62(43-50)58-23-9-13-27-67(58)83(71)73-45-64(53-40-52-30-29-47-16-15-39-77-74(47)75(52)78-46-53)79-76(80-73)84-68-28-14-10-24-59(68)63-44-51(34-38-72(63)84)49-32-36-70-61(42-49)57-22-8-12-26-66(57)82(70)55-19-5-2-6-20-55/h1,3-5,7-46H,2,6H2. The fraction of sp³-hybridized carbons (Fsp3) is 0.0263. The lowest BCUT2D eigenvalue weighted by Crippen LogP contribution is -2.07. The van der Waals surface area contributed by atoms with Crippen molar-refractivity contribution in [3.63, 3.8) is 0 Å². The highest BCUT2D eigenvalue weighted by Crippen LogP contribution is 2.42. The Hall–Kier alpha value is -11.2. The Morgan fingerprint density at radius 1 is 0.321 bits per heavy atom. The molecule has 0 bridgehead atoms. The minimum absolute atomic E-state index is 0.563. The van der Waals surface area contributed by atoms with E-state index >= 15 is 0 Å². The summed E-state index contributed by atoms with van der Waals surface area (Å²) in [7, 11) is 0. The second-order valence-electron chi connectivity index (χ2n) is 22.1. The Labute approximate surface area is 481 Å². The Balaban J connectivity index is 0.824. The molecule has 8 heteroatoms. The molecule has 0 fully saturated rings. The maximum absolute atomic E-state index is 5.67. The van der Waals surface area contributed by atoms with Crippen molar-refractivity contribution in [2.45, 2.75) is 12.8 Å². The highest BCUT2D eigenvalue weighted by molar-refractivity contribution is 6.15. The van der Waals surface area contributed by atoms with Crippen molar-refractivity contribution >= 4 is 115 Å². The lowest BCUT2D eigenvalue weighted by atomic mass is 10.0. The van der Waals surface area contributed by atoms with Crippen LogP contribution < -0.4 is 0 Å². The average Bonchev–Trinajstić information content (AvgIpc) is 2.61. The second kappa shape index (κ2) is 18.1. The number of allylic oxidation sites excluding steroid dienone is 4. The van der Waals surface area contributed by atoms with Crippen LogP contribution in [0.15, 0.2) is 267 Å². The van der Waals surface area contributed by atoms with Crippen molar-refractivity contribution in [2.24, 2.45) is 0 Å². The number of fused-ring (bicyclic) bond motifs is 15. The number of pyridine rings is 2. The molecule has 8 nitrogen and oxygen atoms in total. The van der Waals surface area contributed by atoms with Crippen LogP contribution in [0, 0.1) is 0 Å². The summed E-state index contributed by atoms with van der Waals surface area (Å²) in [6.07, 6.45) is 12.8. The van der Waals surface area contributed by atoms with Crippen molar-refractivity contribution in [1.82, 2.24) is 38.2 Å². The predicted molar refractivity (Wildman–Crippen MR) is 348 cm³/mol. The summed E-state index contributed by atoms with van der Waals surface area (Å²) in [5, 5.41) is 11.5. The van der Waals surface area contributed by atoms with Gasteiger partial charge in [-0.05, 0) is 138 Å². The van der Waals surface area contributed by atoms with Gasteiger partial charge < -0.3 is 9.13 Å². The summed E-state index contributed by atoms with van der Waals surface area (Å²) in [4.78, 5) is 21.1. The molecule has 0 unspecified atom stereocenters. The van der Waals surface area contributed by atoms with Gasteiger partial charge in [0.1, 0.15) is 5.82 Å². The smallest absolute Gasteiger partial charge is 0.237 e. The van der Waals surface area contributed by atoms with Crippen LogP contribution in [0.4, 0.5) is 0 Å². The molecule has 1 aliphatic carbocycles. The van der Waals surface area contributed by atoms with E-state index in [-0.39, 0.29) is 0 Å². The van der Waals surface area contributed by atoms with Crippen molar-refractivity contribution < 1.29 is 0 Å². The molecule has 0 atom stereocenters. The van der Waals surface area contributed by atoms with Gasteiger partial charge in [0.15, 0.2) is 0 Å². The molecule has 0 aliphatic heterocycles. The monoisotopic (exact) mass is 1070 g/mol. The van der Waals surface area contributed by atoms with Crippen LogP contribution in [0.5, 0.6) is 0 Å². The number of para-hydroxylation sites is 5. The van der Waals surface area contributed by atoms with Crippen LogP contribution in [-0.2, 0) is 0 Å². The van der Waals surface area contributed by atoms with Crippen molar-refractivity contribution in [2.75, 3.05) is 0 Å². The van der Waals surface area contributed by atoms with Gasteiger partial charge in [-0.1, -0.05) is 146 Å². The maximum atomic E-state index is 5.67. The number of rotatable bonds is 7. The summed E-state index contributed by atoms with van der Waals surface area (Å²) >= 11 is 0. The Morgan fingerprint density at radius 2 is 0.810 bits per heavy atom. The van der Waals surface area contributed by atoms with Gasteiger partial charge in [0.25, 0.3) is 0 Å². The summed E-state index contributed by atoms with van der Waals surface area (Å²) < 4.78 is 9.34. The lowest BCUT2D eigenvalue weighted by Gasteiger charge is -2.14. The van der Waals surface area contributed by atoms with E-state index in [0.717, 1.165) is 123 Å². The number of nitrogens with zero attached hydrogens (tertiary/aromatic N) is 8. The first kappa shape index (κ1) is 46.5. The zero-order valence-electron chi connectivity index (χ0n) is 45.4. The Morgan fingerprint density at radius 3 is 1.40 bits per heavy atom. The van der Waals surface area contributed by atoms with Gasteiger partial charge in [-0.2, -0.15) is 4.98 Å². The second-order valence-corrected chi connectivity index (χ2v) is 22.1. The normalized spacial score (nSPS) is 12.9. The van der Waals surface area contributed by atoms with E-state index in [4.69, 9.17) is 19.9 Å². The molecule has 17 aromatic rings. The van der Waals surface area contributed by atoms with E-state index in [0.29, 0.717) is 5.95 Å². The first-order valence-electron chi connectivity index (χ1n) is 28.8. The number of hydrogen-bond acceptors (Lipinski definition) is 4. The molecular formula is C76H48N8. The summed E-state index contributed by atoms with van der Waals surface area (Å²) in [6.45, 7) is 0. The number of hydrogen-bond donors (Lipinski definition) is 0.